The molecule has 0 fully saturated rings. The number of hydrogen-bond acceptors (Lipinski definition) is 3. The van der Waals surface area contributed by atoms with Crippen molar-refractivity contribution in [1.82, 2.24) is 0 Å². The predicted octanol–water partition coefficient (Wildman–Crippen LogP) is 1.89. The van der Waals surface area contributed by atoms with E-state index >= 15 is 0 Å². The highest BCUT2D eigenvalue weighted by molar-refractivity contribution is 6.01. The van der Waals surface area contributed by atoms with Crippen molar-refractivity contribution in [1.29, 1.82) is 0 Å². The van der Waals surface area contributed by atoms with Crippen LogP contribution in [0.25, 0.3) is 0 Å². The normalized spacial score (nSPS) is 10.4. The Balaban J connectivity index is 2.83. The number of amides is 1. The molecule has 0 unspecified atom stereocenters. The lowest BCUT2D eigenvalue weighted by Crippen LogP contribution is -2.22. The third-order valence-corrected chi connectivity index (χ3v) is 2.06. The molecule has 1 aromatic carbocycles. The summed E-state index contributed by atoms with van der Waals surface area (Å²) in [6.45, 7) is 3.24. The Hall–Kier alpha value is -1.95. The lowest BCUT2D eigenvalue weighted by Gasteiger charge is -2.11. The molecule has 0 radical (unpaired) electrons. The Labute approximate surface area is 104 Å². The highest BCUT2D eigenvalue weighted by Crippen LogP contribution is 2.19. The summed E-state index contributed by atoms with van der Waals surface area (Å²) in [5.74, 6) is -2.71. The van der Waals surface area contributed by atoms with Gasteiger partial charge in [0.1, 0.15) is 12.4 Å². The standard InChI is InChI=1S/C12H14FNO4/c1-7(2)18-6-10(15)14-11-8(12(16)17)4-3-5-9(11)13/h3-5,7H,6H2,1-2H3,(H,14,15)(H,16,17). The van der Waals surface area contributed by atoms with Crippen molar-refractivity contribution in [3.05, 3.63) is 29.6 Å². The molecule has 0 saturated carbocycles. The molecule has 6 heteroatoms. The maximum atomic E-state index is 13.5. The van der Waals surface area contributed by atoms with Gasteiger partial charge in [0, 0.05) is 0 Å². The third kappa shape index (κ3) is 3.81. The van der Waals surface area contributed by atoms with E-state index in [0.29, 0.717) is 0 Å². The Morgan fingerprint density at radius 3 is 2.67 bits per heavy atom. The van der Waals surface area contributed by atoms with Crippen LogP contribution >= 0.6 is 0 Å². The summed E-state index contributed by atoms with van der Waals surface area (Å²) in [7, 11) is 0. The van der Waals surface area contributed by atoms with Crippen LogP contribution in [0.5, 0.6) is 0 Å². The van der Waals surface area contributed by atoms with Crippen LogP contribution in [-0.4, -0.2) is 29.7 Å². The van der Waals surface area contributed by atoms with Crippen molar-refractivity contribution in [3.8, 4) is 0 Å². The third-order valence-electron chi connectivity index (χ3n) is 2.06. The zero-order valence-corrected chi connectivity index (χ0v) is 10.1. The highest BCUT2D eigenvalue weighted by Gasteiger charge is 2.16. The van der Waals surface area contributed by atoms with Crippen LogP contribution < -0.4 is 5.32 Å². The number of carbonyl (C=O) groups excluding carboxylic acids is 1. The SMILES string of the molecule is CC(C)OCC(=O)Nc1c(F)cccc1C(=O)O. The summed E-state index contributed by atoms with van der Waals surface area (Å²) in [5, 5.41) is 11.1. The highest BCUT2D eigenvalue weighted by atomic mass is 19.1. The van der Waals surface area contributed by atoms with E-state index in [0.717, 1.165) is 6.07 Å². The van der Waals surface area contributed by atoms with E-state index < -0.39 is 17.7 Å². The van der Waals surface area contributed by atoms with E-state index in [1.165, 1.54) is 12.1 Å². The van der Waals surface area contributed by atoms with Crippen LogP contribution in [0, 0.1) is 5.82 Å². The minimum Gasteiger partial charge on any atom is -0.478 e. The fraction of sp³-hybridized carbons (Fsp3) is 0.333. The van der Waals surface area contributed by atoms with E-state index in [1.807, 2.05) is 0 Å². The van der Waals surface area contributed by atoms with Gasteiger partial charge in [-0.3, -0.25) is 4.79 Å². The Kier molecular flexibility index (Phi) is 4.79. The molecule has 5 nitrogen and oxygen atoms in total. The number of anilines is 1. The second-order valence-corrected chi connectivity index (χ2v) is 3.88. The van der Waals surface area contributed by atoms with Crippen molar-refractivity contribution >= 4 is 17.6 Å². The number of carboxylic acids is 1. The summed E-state index contributed by atoms with van der Waals surface area (Å²) in [6, 6.07) is 3.55. The quantitative estimate of drug-likeness (QED) is 0.842. The number of carboxylic acid groups (broad SMARTS) is 1. The van der Waals surface area contributed by atoms with Gasteiger partial charge in [-0.05, 0) is 26.0 Å². The van der Waals surface area contributed by atoms with Gasteiger partial charge in [0.2, 0.25) is 5.91 Å². The first-order valence-electron chi connectivity index (χ1n) is 5.35. The van der Waals surface area contributed by atoms with Gasteiger partial charge in [0.15, 0.2) is 0 Å². The zero-order valence-electron chi connectivity index (χ0n) is 10.1. The average Bonchev–Trinajstić information content (AvgIpc) is 2.28. The first kappa shape index (κ1) is 14.1. The molecule has 1 rings (SSSR count). The number of para-hydroxylation sites is 1. The largest absolute Gasteiger partial charge is 0.478 e. The van der Waals surface area contributed by atoms with E-state index in [1.54, 1.807) is 13.8 Å². The van der Waals surface area contributed by atoms with Crippen LogP contribution in [0.1, 0.15) is 24.2 Å². The minimum absolute atomic E-state index is 0.143. The van der Waals surface area contributed by atoms with Crippen molar-refractivity contribution in [2.24, 2.45) is 0 Å². The van der Waals surface area contributed by atoms with Crippen LogP contribution in [0.4, 0.5) is 10.1 Å². The predicted molar refractivity (Wildman–Crippen MR) is 63.1 cm³/mol. The molecule has 2 N–H and O–H groups in total. The van der Waals surface area contributed by atoms with Gasteiger partial charge in [-0.2, -0.15) is 0 Å². The summed E-state index contributed by atoms with van der Waals surface area (Å²) in [6.07, 6.45) is -0.143. The number of nitrogens with one attached hydrogen (secondary N) is 1. The lowest BCUT2D eigenvalue weighted by atomic mass is 10.1. The number of hydrogen-bond donors (Lipinski definition) is 2. The molecule has 0 saturated heterocycles. The van der Waals surface area contributed by atoms with Crippen molar-refractivity contribution in [2.45, 2.75) is 20.0 Å². The van der Waals surface area contributed by atoms with Crippen LogP contribution in [0.2, 0.25) is 0 Å². The maximum absolute atomic E-state index is 13.5. The fourth-order valence-electron chi connectivity index (χ4n) is 1.25. The molecule has 0 aliphatic rings. The van der Waals surface area contributed by atoms with Gasteiger partial charge in [-0.15, -0.1) is 0 Å². The van der Waals surface area contributed by atoms with Gasteiger partial charge in [-0.1, -0.05) is 6.07 Å². The first-order valence-corrected chi connectivity index (χ1v) is 5.35. The molecule has 0 aliphatic carbocycles. The van der Waals surface area contributed by atoms with Crippen molar-refractivity contribution < 1.29 is 23.8 Å². The Morgan fingerprint density at radius 2 is 2.11 bits per heavy atom. The topological polar surface area (TPSA) is 75.6 Å². The van der Waals surface area contributed by atoms with Gasteiger partial charge in [-0.25, -0.2) is 9.18 Å². The minimum atomic E-state index is -1.31. The van der Waals surface area contributed by atoms with Crippen molar-refractivity contribution in [3.63, 3.8) is 0 Å². The lowest BCUT2D eigenvalue weighted by molar-refractivity contribution is -0.121. The number of carbonyl (C=O) groups is 2. The monoisotopic (exact) mass is 255 g/mol. The van der Waals surface area contributed by atoms with Crippen LogP contribution in [0.3, 0.4) is 0 Å². The molecule has 0 aromatic heterocycles. The molecule has 0 aliphatic heterocycles. The molecule has 1 amide bonds. The Morgan fingerprint density at radius 1 is 1.44 bits per heavy atom. The molecular formula is C12H14FNO4. The van der Waals surface area contributed by atoms with Gasteiger partial charge in [0.05, 0.1) is 17.4 Å². The number of halogens is 1. The molecule has 0 spiro atoms. The molecule has 0 atom stereocenters. The number of aromatic carboxylic acids is 1. The molecule has 1 aromatic rings. The van der Waals surface area contributed by atoms with E-state index in [9.17, 15) is 14.0 Å². The maximum Gasteiger partial charge on any atom is 0.337 e. The first-order chi connectivity index (χ1) is 8.41. The summed E-state index contributed by atoms with van der Waals surface area (Å²) < 4.78 is 18.5. The number of rotatable bonds is 5. The van der Waals surface area contributed by atoms with Crippen molar-refractivity contribution in [2.75, 3.05) is 11.9 Å². The second kappa shape index (κ2) is 6.11. The average molecular weight is 255 g/mol. The van der Waals surface area contributed by atoms with Gasteiger partial charge < -0.3 is 15.2 Å². The smallest absolute Gasteiger partial charge is 0.337 e. The van der Waals surface area contributed by atoms with Gasteiger partial charge in [0.25, 0.3) is 0 Å². The van der Waals surface area contributed by atoms with Crippen LogP contribution in [-0.2, 0) is 9.53 Å². The number of benzene rings is 1. The molecule has 0 heterocycles. The molecule has 0 bridgehead atoms. The molecule has 18 heavy (non-hydrogen) atoms. The summed E-state index contributed by atoms with van der Waals surface area (Å²) in [5.41, 5.74) is -0.643. The second-order valence-electron chi connectivity index (χ2n) is 3.88. The molecule has 98 valence electrons. The van der Waals surface area contributed by atoms with E-state index in [2.05, 4.69) is 5.32 Å². The molecular weight excluding hydrogens is 241 g/mol. The fourth-order valence-corrected chi connectivity index (χ4v) is 1.25. The Bertz CT molecular complexity index is 459. The van der Waals surface area contributed by atoms with Gasteiger partial charge >= 0.3 is 5.97 Å². The van der Waals surface area contributed by atoms with E-state index in [4.69, 9.17) is 9.84 Å². The van der Waals surface area contributed by atoms with E-state index in [-0.39, 0.29) is 24.0 Å². The zero-order chi connectivity index (χ0) is 13.7. The summed E-state index contributed by atoms with van der Waals surface area (Å²) in [4.78, 5) is 22.3. The number of ether oxygens (including phenoxy) is 1. The summed E-state index contributed by atoms with van der Waals surface area (Å²) >= 11 is 0. The van der Waals surface area contributed by atoms with Crippen LogP contribution in [0.15, 0.2) is 18.2 Å².